The van der Waals surface area contributed by atoms with E-state index >= 15 is 0 Å². The van der Waals surface area contributed by atoms with E-state index in [0.717, 1.165) is 24.0 Å². The Balaban J connectivity index is 2.30. The minimum atomic E-state index is -0.139. The molecule has 0 fully saturated rings. The van der Waals surface area contributed by atoms with Crippen LogP contribution in [0.15, 0.2) is 42.5 Å². The maximum atomic E-state index is 13.5. The molecule has 0 atom stereocenters. The van der Waals surface area contributed by atoms with Gasteiger partial charge in [-0.1, -0.05) is 55.2 Å². The van der Waals surface area contributed by atoms with Crippen LogP contribution in [0.25, 0.3) is 11.1 Å². The summed E-state index contributed by atoms with van der Waals surface area (Å²) in [6, 6.07) is 13.8. The van der Waals surface area contributed by atoms with Gasteiger partial charge in [0.15, 0.2) is 0 Å². The molecule has 2 heteroatoms. The average molecular weight is 226 g/mol. The van der Waals surface area contributed by atoms with Crippen LogP contribution in [0.2, 0.25) is 0 Å². The zero-order valence-corrected chi connectivity index (χ0v) is 10.3. The van der Waals surface area contributed by atoms with Gasteiger partial charge in [0.05, 0.1) is 0 Å². The van der Waals surface area contributed by atoms with E-state index in [0.29, 0.717) is 5.46 Å². The molecule has 2 aromatic carbocycles. The van der Waals surface area contributed by atoms with Crippen molar-refractivity contribution in [1.29, 1.82) is 0 Å². The number of hydrogen-bond donors (Lipinski definition) is 0. The first kappa shape index (κ1) is 11.9. The molecule has 0 bridgehead atoms. The van der Waals surface area contributed by atoms with Crippen LogP contribution in [-0.4, -0.2) is 7.85 Å². The minimum Gasteiger partial charge on any atom is -0.208 e. The maximum Gasteiger partial charge on any atom is 0.143 e. The molecule has 0 aromatic heterocycles. The van der Waals surface area contributed by atoms with Crippen molar-refractivity contribution in [2.75, 3.05) is 0 Å². The summed E-state index contributed by atoms with van der Waals surface area (Å²) in [5.74, 6) is -0.139. The molecular formula is C15H16BF. The summed E-state index contributed by atoms with van der Waals surface area (Å²) >= 11 is 0. The van der Waals surface area contributed by atoms with Crippen molar-refractivity contribution < 1.29 is 4.39 Å². The molecule has 86 valence electrons. The molecule has 0 saturated carbocycles. The summed E-state index contributed by atoms with van der Waals surface area (Å²) in [6.07, 6.45) is 2.25. The van der Waals surface area contributed by atoms with Gasteiger partial charge in [-0.3, -0.25) is 0 Å². The molecule has 0 unspecified atom stereocenters. The van der Waals surface area contributed by atoms with Gasteiger partial charge in [-0.15, -0.1) is 0 Å². The van der Waals surface area contributed by atoms with Gasteiger partial charge < -0.3 is 0 Å². The third kappa shape index (κ3) is 2.76. The summed E-state index contributed by atoms with van der Waals surface area (Å²) < 4.78 is 13.5. The number of aryl methyl sites for hydroxylation is 1. The van der Waals surface area contributed by atoms with Gasteiger partial charge in [0, 0.05) is 0 Å². The van der Waals surface area contributed by atoms with Crippen LogP contribution in [0.4, 0.5) is 4.39 Å². The zero-order chi connectivity index (χ0) is 12.3. The van der Waals surface area contributed by atoms with Gasteiger partial charge in [-0.05, 0) is 29.2 Å². The molecular weight excluding hydrogens is 210 g/mol. The lowest BCUT2D eigenvalue weighted by Gasteiger charge is -2.05. The van der Waals surface area contributed by atoms with Crippen molar-refractivity contribution in [2.24, 2.45) is 0 Å². The number of rotatable bonds is 3. The molecule has 0 heterocycles. The molecule has 17 heavy (non-hydrogen) atoms. The quantitative estimate of drug-likeness (QED) is 0.706. The highest BCUT2D eigenvalue weighted by Gasteiger charge is 2.02. The third-order valence-corrected chi connectivity index (χ3v) is 3.00. The molecule has 0 saturated heterocycles. The summed E-state index contributed by atoms with van der Waals surface area (Å²) in [6.45, 7) is 2.17. The fourth-order valence-corrected chi connectivity index (χ4v) is 1.92. The predicted octanol–water partition coefficient (Wildman–Crippen LogP) is 2.70. The van der Waals surface area contributed by atoms with Gasteiger partial charge in [-0.2, -0.15) is 0 Å². The summed E-state index contributed by atoms with van der Waals surface area (Å²) in [5, 5.41) is 0. The van der Waals surface area contributed by atoms with Gasteiger partial charge in [0.1, 0.15) is 13.7 Å². The standard InChI is InChI=1S/C15H16BF/c1-2-3-11-4-6-12(7-5-11)13-8-9-14(16)15(17)10-13/h4-10H,2-3,16H2,1H3. The van der Waals surface area contributed by atoms with E-state index in [2.05, 4.69) is 31.2 Å². The highest BCUT2D eigenvalue weighted by molar-refractivity contribution is 6.32. The molecule has 0 spiro atoms. The average Bonchev–Trinajstić information content (AvgIpc) is 2.34. The van der Waals surface area contributed by atoms with Gasteiger partial charge in [0.25, 0.3) is 0 Å². The van der Waals surface area contributed by atoms with Crippen LogP contribution < -0.4 is 5.46 Å². The molecule has 2 rings (SSSR count). The van der Waals surface area contributed by atoms with Crippen molar-refractivity contribution in [3.63, 3.8) is 0 Å². The van der Waals surface area contributed by atoms with Crippen LogP contribution in [0.1, 0.15) is 18.9 Å². The molecule has 0 aliphatic rings. The first-order valence-electron chi connectivity index (χ1n) is 6.06. The monoisotopic (exact) mass is 226 g/mol. The molecule has 0 amide bonds. The molecule has 0 aliphatic heterocycles. The molecule has 0 N–H and O–H groups in total. The Morgan fingerprint density at radius 2 is 1.65 bits per heavy atom. The van der Waals surface area contributed by atoms with Crippen LogP contribution in [-0.2, 0) is 6.42 Å². The van der Waals surface area contributed by atoms with Gasteiger partial charge in [0.2, 0.25) is 0 Å². The number of benzene rings is 2. The van der Waals surface area contributed by atoms with E-state index in [-0.39, 0.29) is 5.82 Å². The minimum absolute atomic E-state index is 0.139. The van der Waals surface area contributed by atoms with E-state index in [1.165, 1.54) is 5.56 Å². The second kappa shape index (κ2) is 5.18. The predicted molar refractivity (Wildman–Crippen MR) is 74.0 cm³/mol. The zero-order valence-electron chi connectivity index (χ0n) is 10.3. The SMILES string of the molecule is Bc1ccc(-c2ccc(CCC)cc2)cc1F. The summed E-state index contributed by atoms with van der Waals surface area (Å²) in [4.78, 5) is 0. The van der Waals surface area contributed by atoms with Crippen molar-refractivity contribution >= 4 is 13.3 Å². The first-order valence-corrected chi connectivity index (χ1v) is 6.06. The van der Waals surface area contributed by atoms with Crippen LogP contribution >= 0.6 is 0 Å². The molecule has 0 nitrogen and oxygen atoms in total. The van der Waals surface area contributed by atoms with Crippen LogP contribution in [0.3, 0.4) is 0 Å². The Bertz CT molecular complexity index is 503. The number of halogens is 1. The number of hydrogen-bond acceptors (Lipinski definition) is 0. The highest BCUT2D eigenvalue weighted by Crippen LogP contribution is 2.20. The van der Waals surface area contributed by atoms with Crippen molar-refractivity contribution in [1.82, 2.24) is 0 Å². The van der Waals surface area contributed by atoms with E-state index < -0.39 is 0 Å². The van der Waals surface area contributed by atoms with E-state index in [1.54, 1.807) is 13.9 Å². The van der Waals surface area contributed by atoms with E-state index in [9.17, 15) is 4.39 Å². The van der Waals surface area contributed by atoms with Crippen LogP contribution in [0, 0.1) is 5.82 Å². The smallest absolute Gasteiger partial charge is 0.143 e. The summed E-state index contributed by atoms with van der Waals surface area (Å²) in [7, 11) is 1.78. The second-order valence-electron chi connectivity index (χ2n) is 4.41. The third-order valence-electron chi connectivity index (χ3n) is 3.00. The van der Waals surface area contributed by atoms with Gasteiger partial charge >= 0.3 is 0 Å². The maximum absolute atomic E-state index is 13.5. The Hall–Kier alpha value is -1.57. The lowest BCUT2D eigenvalue weighted by molar-refractivity contribution is 0.636. The van der Waals surface area contributed by atoms with E-state index in [4.69, 9.17) is 0 Å². The second-order valence-corrected chi connectivity index (χ2v) is 4.41. The Kier molecular flexibility index (Phi) is 3.63. The van der Waals surface area contributed by atoms with Crippen LogP contribution in [0.5, 0.6) is 0 Å². The summed E-state index contributed by atoms with van der Waals surface area (Å²) in [5.41, 5.74) is 4.04. The van der Waals surface area contributed by atoms with Crippen molar-refractivity contribution in [3.8, 4) is 11.1 Å². The Morgan fingerprint density at radius 3 is 2.24 bits per heavy atom. The molecule has 0 radical (unpaired) electrons. The lowest BCUT2D eigenvalue weighted by Crippen LogP contribution is -2.07. The fraction of sp³-hybridized carbons (Fsp3) is 0.200. The first-order chi connectivity index (χ1) is 8.20. The van der Waals surface area contributed by atoms with Crippen molar-refractivity contribution in [2.45, 2.75) is 19.8 Å². The van der Waals surface area contributed by atoms with E-state index in [1.807, 2.05) is 12.1 Å². The highest BCUT2D eigenvalue weighted by atomic mass is 19.1. The van der Waals surface area contributed by atoms with Gasteiger partial charge in [-0.25, -0.2) is 4.39 Å². The Morgan fingerprint density at radius 1 is 1.00 bits per heavy atom. The Labute approximate surface area is 103 Å². The topological polar surface area (TPSA) is 0 Å². The fourth-order valence-electron chi connectivity index (χ4n) is 1.92. The molecule has 0 aliphatic carbocycles. The van der Waals surface area contributed by atoms with Crippen molar-refractivity contribution in [3.05, 3.63) is 53.8 Å². The normalized spacial score (nSPS) is 10.5. The largest absolute Gasteiger partial charge is 0.208 e. The molecule has 2 aromatic rings. The lowest BCUT2D eigenvalue weighted by atomic mass is 9.92.